The quantitative estimate of drug-likeness (QED) is 0.828. The number of hydrogen-bond acceptors (Lipinski definition) is 2. The van der Waals surface area contributed by atoms with Crippen LogP contribution in [-0.4, -0.2) is 20.7 Å². The SMILES string of the molecule is O=C(O)c1c(Br)ccn2nccc12. The molecule has 0 amide bonds. The van der Waals surface area contributed by atoms with Crippen LogP contribution in [-0.2, 0) is 0 Å². The van der Waals surface area contributed by atoms with E-state index in [-0.39, 0.29) is 5.56 Å². The van der Waals surface area contributed by atoms with E-state index in [2.05, 4.69) is 21.0 Å². The predicted molar refractivity (Wildman–Crippen MR) is 49.9 cm³/mol. The summed E-state index contributed by atoms with van der Waals surface area (Å²) in [4.78, 5) is 10.9. The van der Waals surface area contributed by atoms with Crippen LogP contribution in [0.1, 0.15) is 10.4 Å². The highest BCUT2D eigenvalue weighted by Crippen LogP contribution is 2.20. The van der Waals surface area contributed by atoms with Gasteiger partial charge in [-0.1, -0.05) is 0 Å². The van der Waals surface area contributed by atoms with Gasteiger partial charge in [0.05, 0.1) is 17.3 Å². The van der Waals surface area contributed by atoms with Gasteiger partial charge in [-0.05, 0) is 28.1 Å². The highest BCUT2D eigenvalue weighted by atomic mass is 79.9. The van der Waals surface area contributed by atoms with Crippen molar-refractivity contribution in [2.45, 2.75) is 0 Å². The molecule has 2 rings (SSSR count). The van der Waals surface area contributed by atoms with Crippen LogP contribution in [0.3, 0.4) is 0 Å². The molecule has 0 saturated carbocycles. The zero-order chi connectivity index (χ0) is 9.42. The second-order valence-corrected chi connectivity index (χ2v) is 3.36. The van der Waals surface area contributed by atoms with Crippen molar-refractivity contribution in [2.24, 2.45) is 0 Å². The lowest BCUT2D eigenvalue weighted by Gasteiger charge is -2.00. The van der Waals surface area contributed by atoms with Crippen molar-refractivity contribution in [3.63, 3.8) is 0 Å². The highest BCUT2D eigenvalue weighted by molar-refractivity contribution is 9.10. The average Bonchev–Trinajstić information content (AvgIpc) is 2.50. The van der Waals surface area contributed by atoms with Gasteiger partial charge < -0.3 is 5.11 Å². The standard InChI is InChI=1S/C8H5BrN2O2/c9-5-2-4-11-6(1-3-10-11)7(5)8(12)13/h1-4H,(H,12,13). The maximum absolute atomic E-state index is 10.9. The Morgan fingerprint density at radius 1 is 1.54 bits per heavy atom. The first-order chi connectivity index (χ1) is 6.20. The third-order valence-corrected chi connectivity index (χ3v) is 2.40. The lowest BCUT2D eigenvalue weighted by atomic mass is 10.2. The average molecular weight is 241 g/mol. The van der Waals surface area contributed by atoms with Gasteiger partial charge in [0.25, 0.3) is 0 Å². The first kappa shape index (κ1) is 8.25. The number of carbonyl (C=O) groups is 1. The lowest BCUT2D eigenvalue weighted by Crippen LogP contribution is -2.01. The summed E-state index contributed by atoms with van der Waals surface area (Å²) in [5.41, 5.74) is 0.821. The molecule has 0 spiro atoms. The topological polar surface area (TPSA) is 54.6 Å². The van der Waals surface area contributed by atoms with Crippen molar-refractivity contribution in [1.29, 1.82) is 0 Å². The molecule has 2 heterocycles. The summed E-state index contributed by atoms with van der Waals surface area (Å²) in [6.07, 6.45) is 3.26. The van der Waals surface area contributed by atoms with Crippen LogP contribution in [0.2, 0.25) is 0 Å². The Morgan fingerprint density at radius 3 is 3.00 bits per heavy atom. The van der Waals surface area contributed by atoms with Crippen molar-refractivity contribution in [3.8, 4) is 0 Å². The summed E-state index contributed by atoms with van der Waals surface area (Å²) < 4.78 is 2.08. The van der Waals surface area contributed by atoms with E-state index in [0.29, 0.717) is 9.99 Å². The molecule has 0 aliphatic carbocycles. The van der Waals surface area contributed by atoms with Gasteiger partial charge in [-0.25, -0.2) is 9.31 Å². The Balaban J connectivity index is 2.88. The molecule has 5 heteroatoms. The summed E-state index contributed by atoms with van der Waals surface area (Å²) in [7, 11) is 0. The molecule has 0 fully saturated rings. The maximum atomic E-state index is 10.9. The largest absolute Gasteiger partial charge is 0.478 e. The number of halogens is 1. The van der Waals surface area contributed by atoms with E-state index < -0.39 is 5.97 Å². The molecule has 0 aliphatic rings. The lowest BCUT2D eigenvalue weighted by molar-refractivity contribution is 0.0697. The number of carboxylic acid groups (broad SMARTS) is 1. The summed E-state index contributed by atoms with van der Waals surface area (Å²) in [5, 5.41) is 12.8. The van der Waals surface area contributed by atoms with Crippen LogP contribution in [0.5, 0.6) is 0 Å². The molecule has 66 valence electrons. The predicted octanol–water partition coefficient (Wildman–Crippen LogP) is 1.79. The molecule has 1 N–H and O–H groups in total. The van der Waals surface area contributed by atoms with Crippen molar-refractivity contribution >= 4 is 27.4 Å². The van der Waals surface area contributed by atoms with Crippen molar-refractivity contribution in [1.82, 2.24) is 9.61 Å². The third kappa shape index (κ3) is 1.21. The van der Waals surface area contributed by atoms with Crippen molar-refractivity contribution in [2.75, 3.05) is 0 Å². The summed E-state index contributed by atoms with van der Waals surface area (Å²) in [6, 6.07) is 3.32. The first-order valence-corrected chi connectivity index (χ1v) is 4.34. The van der Waals surface area contributed by atoms with E-state index in [4.69, 9.17) is 5.11 Å². The minimum absolute atomic E-state index is 0.236. The maximum Gasteiger partial charge on any atom is 0.339 e. The number of pyridine rings is 1. The van der Waals surface area contributed by atoms with Gasteiger partial charge in [-0.2, -0.15) is 5.10 Å². The number of fused-ring (bicyclic) bond motifs is 1. The van der Waals surface area contributed by atoms with Gasteiger partial charge in [0.15, 0.2) is 0 Å². The van der Waals surface area contributed by atoms with Gasteiger partial charge >= 0.3 is 5.97 Å². The van der Waals surface area contributed by atoms with Gasteiger partial charge in [-0.15, -0.1) is 0 Å². The number of aromatic carboxylic acids is 1. The number of nitrogens with zero attached hydrogens (tertiary/aromatic N) is 2. The minimum Gasteiger partial charge on any atom is -0.478 e. The van der Waals surface area contributed by atoms with Crippen LogP contribution >= 0.6 is 15.9 Å². The molecule has 2 aromatic rings. The molecule has 4 nitrogen and oxygen atoms in total. The molecule has 0 unspecified atom stereocenters. The number of rotatable bonds is 1. The fourth-order valence-electron chi connectivity index (χ4n) is 1.18. The molecule has 0 radical (unpaired) electrons. The fraction of sp³-hybridized carbons (Fsp3) is 0. The Labute approximate surface area is 81.9 Å². The number of hydrogen-bond donors (Lipinski definition) is 1. The second-order valence-electron chi connectivity index (χ2n) is 2.50. The van der Waals surface area contributed by atoms with Crippen LogP contribution < -0.4 is 0 Å². The zero-order valence-corrected chi connectivity index (χ0v) is 8.02. The summed E-state index contributed by atoms with van der Waals surface area (Å²) >= 11 is 3.18. The molecule has 2 aromatic heterocycles. The van der Waals surface area contributed by atoms with Crippen LogP contribution in [0.4, 0.5) is 0 Å². The Morgan fingerprint density at radius 2 is 2.31 bits per heavy atom. The smallest absolute Gasteiger partial charge is 0.339 e. The zero-order valence-electron chi connectivity index (χ0n) is 6.44. The Hall–Kier alpha value is -1.36. The molecule has 0 saturated heterocycles. The van der Waals surface area contributed by atoms with Crippen LogP contribution in [0.15, 0.2) is 29.0 Å². The monoisotopic (exact) mass is 240 g/mol. The van der Waals surface area contributed by atoms with Crippen molar-refractivity contribution < 1.29 is 9.90 Å². The molecule has 0 bridgehead atoms. The van der Waals surface area contributed by atoms with Gasteiger partial charge in [0.1, 0.15) is 0 Å². The normalized spacial score (nSPS) is 10.5. The fourth-order valence-corrected chi connectivity index (χ4v) is 1.68. The molecule has 0 atom stereocenters. The molecular formula is C8H5BrN2O2. The Kier molecular flexibility index (Phi) is 1.81. The Bertz CT molecular complexity index is 478. The molecule has 0 aliphatic heterocycles. The summed E-state index contributed by atoms with van der Waals surface area (Å²) in [6.45, 7) is 0. The van der Waals surface area contributed by atoms with Gasteiger partial charge in [0, 0.05) is 10.7 Å². The van der Waals surface area contributed by atoms with E-state index in [0.717, 1.165) is 0 Å². The van der Waals surface area contributed by atoms with E-state index in [1.54, 1.807) is 24.5 Å². The first-order valence-electron chi connectivity index (χ1n) is 3.55. The highest BCUT2D eigenvalue weighted by Gasteiger charge is 2.12. The van der Waals surface area contributed by atoms with E-state index >= 15 is 0 Å². The van der Waals surface area contributed by atoms with Crippen LogP contribution in [0, 0.1) is 0 Å². The minimum atomic E-state index is -0.960. The molecular weight excluding hydrogens is 236 g/mol. The molecule has 13 heavy (non-hydrogen) atoms. The number of aromatic nitrogens is 2. The summed E-state index contributed by atoms with van der Waals surface area (Å²) in [5.74, 6) is -0.960. The van der Waals surface area contributed by atoms with Crippen molar-refractivity contribution in [3.05, 3.63) is 34.6 Å². The van der Waals surface area contributed by atoms with Gasteiger partial charge in [-0.3, -0.25) is 0 Å². The van der Waals surface area contributed by atoms with E-state index in [1.165, 1.54) is 4.52 Å². The second kappa shape index (κ2) is 2.85. The number of carboxylic acids is 1. The third-order valence-electron chi connectivity index (χ3n) is 1.74. The van der Waals surface area contributed by atoms with Gasteiger partial charge in [0.2, 0.25) is 0 Å². The van der Waals surface area contributed by atoms with E-state index in [9.17, 15) is 4.79 Å². The molecule has 0 aromatic carbocycles. The van der Waals surface area contributed by atoms with E-state index in [1.807, 2.05) is 0 Å². The van der Waals surface area contributed by atoms with Crippen LogP contribution in [0.25, 0.3) is 5.52 Å².